The Balaban J connectivity index is 1.58. The van der Waals surface area contributed by atoms with E-state index in [1.165, 1.54) is 24.3 Å². The van der Waals surface area contributed by atoms with Crippen LogP contribution in [0.4, 0.5) is 4.39 Å². The summed E-state index contributed by atoms with van der Waals surface area (Å²) in [5.74, 6) is -0.134. The van der Waals surface area contributed by atoms with Gasteiger partial charge in [0.15, 0.2) is 5.76 Å². The number of rotatable bonds is 3. The molecule has 2 aromatic carbocycles. The Hall–Kier alpha value is -2.95. The maximum Gasteiger partial charge on any atom is 0.314 e. The number of fused-ring (bicyclic) bond motifs is 1. The van der Waals surface area contributed by atoms with Crippen LogP contribution in [0, 0.1) is 11.7 Å². The smallest absolute Gasteiger partial charge is 0.314 e. The Bertz CT molecular complexity index is 881. The molecule has 0 radical (unpaired) electrons. The van der Waals surface area contributed by atoms with Crippen LogP contribution in [0.1, 0.15) is 28.8 Å². The fourth-order valence-electron chi connectivity index (χ4n) is 2.50. The summed E-state index contributed by atoms with van der Waals surface area (Å²) in [6, 6.07) is 10.6. The Morgan fingerprint density at radius 2 is 2.04 bits per heavy atom. The molecule has 0 atom stereocenters. The number of carbonyl (C=O) groups is 2. The third kappa shape index (κ3) is 2.80. The van der Waals surface area contributed by atoms with E-state index in [-0.39, 0.29) is 29.2 Å². The molecule has 120 valence electrons. The summed E-state index contributed by atoms with van der Waals surface area (Å²) in [6.07, 6.45) is 3.21. The number of Topliss-reactive ketones (excluding diaryl/α,β-unsaturated/α-hetero) is 1. The fraction of sp³-hybridized carbons (Fsp3) is 0.158. The van der Waals surface area contributed by atoms with Gasteiger partial charge in [-0.3, -0.25) is 9.59 Å². The average molecular weight is 324 g/mol. The summed E-state index contributed by atoms with van der Waals surface area (Å²) in [6.45, 7) is 0. The van der Waals surface area contributed by atoms with E-state index < -0.39 is 0 Å². The molecule has 4 rings (SSSR count). The molecule has 0 spiro atoms. The number of hydrogen-bond acceptors (Lipinski definition) is 4. The Kier molecular flexibility index (Phi) is 3.41. The highest BCUT2D eigenvalue weighted by Gasteiger charge is 2.32. The van der Waals surface area contributed by atoms with E-state index >= 15 is 0 Å². The minimum Gasteiger partial charge on any atom is -0.452 e. The van der Waals surface area contributed by atoms with Crippen molar-refractivity contribution in [1.29, 1.82) is 0 Å². The van der Waals surface area contributed by atoms with Gasteiger partial charge in [0.25, 0.3) is 0 Å². The van der Waals surface area contributed by atoms with E-state index in [1.54, 1.807) is 24.3 Å². The predicted octanol–water partition coefficient (Wildman–Crippen LogP) is 3.76. The summed E-state index contributed by atoms with van der Waals surface area (Å²) in [5, 5.41) is 0. The topological polar surface area (TPSA) is 52.6 Å². The van der Waals surface area contributed by atoms with Gasteiger partial charge in [-0.15, -0.1) is 0 Å². The summed E-state index contributed by atoms with van der Waals surface area (Å²) in [7, 11) is 0. The Labute approximate surface area is 137 Å². The lowest BCUT2D eigenvalue weighted by molar-refractivity contribution is -0.135. The lowest BCUT2D eigenvalue weighted by Gasteiger charge is -2.04. The lowest BCUT2D eigenvalue weighted by atomic mass is 10.1. The number of allylic oxidation sites excluding steroid dienone is 1. The van der Waals surface area contributed by atoms with Crippen LogP contribution in [0.25, 0.3) is 6.08 Å². The van der Waals surface area contributed by atoms with Crippen molar-refractivity contribution in [3.8, 4) is 11.5 Å². The first-order valence-electron chi connectivity index (χ1n) is 7.66. The first-order chi connectivity index (χ1) is 11.6. The zero-order chi connectivity index (χ0) is 16.7. The molecule has 4 nitrogen and oxygen atoms in total. The second-order valence-corrected chi connectivity index (χ2v) is 5.85. The monoisotopic (exact) mass is 324 g/mol. The number of ether oxygens (including phenoxy) is 2. The molecule has 0 unspecified atom stereocenters. The van der Waals surface area contributed by atoms with Crippen molar-refractivity contribution >= 4 is 17.8 Å². The van der Waals surface area contributed by atoms with Gasteiger partial charge in [0.1, 0.15) is 17.3 Å². The maximum absolute atomic E-state index is 13.2. The van der Waals surface area contributed by atoms with Crippen molar-refractivity contribution in [2.24, 2.45) is 5.92 Å². The van der Waals surface area contributed by atoms with E-state index in [0.29, 0.717) is 22.6 Å². The lowest BCUT2D eigenvalue weighted by Crippen LogP contribution is -2.09. The zero-order valence-corrected chi connectivity index (χ0v) is 12.6. The Morgan fingerprint density at radius 1 is 1.21 bits per heavy atom. The molecule has 5 heteroatoms. The summed E-state index contributed by atoms with van der Waals surface area (Å²) >= 11 is 0. The molecule has 24 heavy (non-hydrogen) atoms. The first-order valence-corrected chi connectivity index (χ1v) is 7.66. The second kappa shape index (κ2) is 5.60. The highest BCUT2D eigenvalue weighted by atomic mass is 19.1. The van der Waals surface area contributed by atoms with Crippen molar-refractivity contribution in [1.82, 2.24) is 0 Å². The quantitative estimate of drug-likeness (QED) is 0.490. The number of halogens is 1. The number of hydrogen-bond donors (Lipinski definition) is 0. The van der Waals surface area contributed by atoms with Crippen molar-refractivity contribution in [3.05, 3.63) is 65.2 Å². The minimum atomic E-state index is -0.387. The van der Waals surface area contributed by atoms with Crippen LogP contribution in [0.15, 0.2) is 48.2 Å². The molecule has 0 N–H and O–H groups in total. The van der Waals surface area contributed by atoms with Gasteiger partial charge in [0.2, 0.25) is 5.78 Å². The molecular formula is C19H13FO4. The molecular weight excluding hydrogens is 311 g/mol. The van der Waals surface area contributed by atoms with E-state index in [9.17, 15) is 14.0 Å². The normalized spacial score (nSPS) is 17.5. The number of esters is 1. The fourth-order valence-corrected chi connectivity index (χ4v) is 2.50. The maximum atomic E-state index is 13.2. The highest BCUT2D eigenvalue weighted by Crippen LogP contribution is 2.36. The number of benzene rings is 2. The van der Waals surface area contributed by atoms with Crippen LogP contribution in [-0.2, 0) is 4.79 Å². The number of ketones is 1. The van der Waals surface area contributed by atoms with Gasteiger partial charge in [-0.25, -0.2) is 4.39 Å². The molecule has 2 aromatic rings. The number of carbonyl (C=O) groups excluding carboxylic acids is 2. The van der Waals surface area contributed by atoms with E-state index in [2.05, 4.69) is 0 Å². The van der Waals surface area contributed by atoms with Crippen molar-refractivity contribution in [2.75, 3.05) is 0 Å². The third-order valence-electron chi connectivity index (χ3n) is 3.92. The van der Waals surface area contributed by atoms with Gasteiger partial charge in [0.05, 0.1) is 11.5 Å². The highest BCUT2D eigenvalue weighted by molar-refractivity contribution is 6.14. The van der Waals surface area contributed by atoms with E-state index in [4.69, 9.17) is 9.47 Å². The van der Waals surface area contributed by atoms with Crippen LogP contribution < -0.4 is 9.47 Å². The first kappa shape index (κ1) is 14.6. The third-order valence-corrected chi connectivity index (χ3v) is 3.92. The van der Waals surface area contributed by atoms with Gasteiger partial charge in [-0.2, -0.15) is 0 Å². The Morgan fingerprint density at radius 3 is 2.79 bits per heavy atom. The molecule has 1 aliphatic carbocycles. The zero-order valence-electron chi connectivity index (χ0n) is 12.6. The predicted molar refractivity (Wildman–Crippen MR) is 84.1 cm³/mol. The van der Waals surface area contributed by atoms with Gasteiger partial charge < -0.3 is 9.47 Å². The van der Waals surface area contributed by atoms with Crippen LogP contribution in [0.2, 0.25) is 0 Å². The van der Waals surface area contributed by atoms with Crippen molar-refractivity contribution in [3.63, 3.8) is 0 Å². The van der Waals surface area contributed by atoms with E-state index in [0.717, 1.165) is 12.8 Å². The molecule has 2 aliphatic rings. The molecule has 0 amide bonds. The summed E-state index contributed by atoms with van der Waals surface area (Å²) in [5.41, 5.74) is 0.926. The van der Waals surface area contributed by atoms with E-state index in [1.807, 2.05) is 0 Å². The van der Waals surface area contributed by atoms with Gasteiger partial charge in [0, 0.05) is 6.07 Å². The SMILES string of the molecule is O=C1/C(=C/c2cccc(F)c2)Oc2cc(OC(=O)C3CC3)ccc21. The van der Waals surface area contributed by atoms with Crippen molar-refractivity contribution < 1.29 is 23.5 Å². The standard InChI is InChI=1S/C19H13FO4/c20-13-3-1-2-11(8-13)9-17-18(21)15-7-6-14(10-16(15)24-17)23-19(22)12-4-5-12/h1-3,6-10,12H,4-5H2/b17-9-. The summed E-state index contributed by atoms with van der Waals surface area (Å²) < 4.78 is 24.1. The molecule has 1 fully saturated rings. The molecule has 1 saturated carbocycles. The second-order valence-electron chi connectivity index (χ2n) is 5.85. The van der Waals surface area contributed by atoms with Gasteiger partial charge in [-0.1, -0.05) is 12.1 Å². The van der Waals surface area contributed by atoms with Crippen LogP contribution in [0.5, 0.6) is 11.5 Å². The van der Waals surface area contributed by atoms with Crippen LogP contribution in [-0.4, -0.2) is 11.8 Å². The van der Waals surface area contributed by atoms with Crippen LogP contribution in [0.3, 0.4) is 0 Å². The van der Waals surface area contributed by atoms with Crippen molar-refractivity contribution in [2.45, 2.75) is 12.8 Å². The van der Waals surface area contributed by atoms with Gasteiger partial charge in [-0.05, 0) is 48.7 Å². The summed E-state index contributed by atoms with van der Waals surface area (Å²) in [4.78, 5) is 24.0. The molecule has 0 bridgehead atoms. The molecule has 0 saturated heterocycles. The van der Waals surface area contributed by atoms with Gasteiger partial charge >= 0.3 is 5.97 Å². The van der Waals surface area contributed by atoms with Crippen LogP contribution >= 0.6 is 0 Å². The molecule has 1 aliphatic heterocycles. The largest absolute Gasteiger partial charge is 0.452 e. The molecule has 1 heterocycles. The minimum absolute atomic E-state index is 0.00996. The average Bonchev–Trinajstić information content (AvgIpc) is 3.35. The molecule has 0 aromatic heterocycles.